The van der Waals surface area contributed by atoms with E-state index in [9.17, 15) is 9.18 Å². The molecule has 1 aliphatic heterocycles. The molecular formula is C20H20FN3OS. The quantitative estimate of drug-likeness (QED) is 0.596. The number of halogens is 1. The van der Waals surface area contributed by atoms with Gasteiger partial charge in [-0.15, -0.1) is 0 Å². The third kappa shape index (κ3) is 3.60. The summed E-state index contributed by atoms with van der Waals surface area (Å²) < 4.78 is 14.1. The minimum absolute atomic E-state index is 0.171. The van der Waals surface area contributed by atoms with Gasteiger partial charge in [0.2, 0.25) is 0 Å². The SMILES string of the molecule is CN(C=C1C(=O)N(c2ccccc2F)C(=S)N1C)CCc1ccccc1. The average molecular weight is 369 g/mol. The van der Waals surface area contributed by atoms with Crippen molar-refractivity contribution in [3.05, 3.63) is 77.9 Å². The molecule has 0 unspecified atom stereocenters. The highest BCUT2D eigenvalue weighted by Gasteiger charge is 2.38. The van der Waals surface area contributed by atoms with E-state index in [4.69, 9.17) is 12.2 Å². The van der Waals surface area contributed by atoms with Crippen LogP contribution in [-0.4, -0.2) is 41.5 Å². The lowest BCUT2D eigenvalue weighted by molar-refractivity contribution is -0.114. The van der Waals surface area contributed by atoms with Crippen LogP contribution in [0.3, 0.4) is 0 Å². The fraction of sp³-hybridized carbons (Fsp3) is 0.200. The molecule has 26 heavy (non-hydrogen) atoms. The second kappa shape index (κ2) is 7.66. The first-order valence-corrected chi connectivity index (χ1v) is 8.72. The van der Waals surface area contributed by atoms with E-state index < -0.39 is 5.82 Å². The zero-order valence-electron chi connectivity index (χ0n) is 14.7. The number of hydrogen-bond acceptors (Lipinski definition) is 3. The molecule has 0 aliphatic carbocycles. The van der Waals surface area contributed by atoms with Gasteiger partial charge in [0.05, 0.1) is 5.69 Å². The Morgan fingerprint density at radius 3 is 2.46 bits per heavy atom. The van der Waals surface area contributed by atoms with E-state index in [1.54, 1.807) is 36.3 Å². The highest BCUT2D eigenvalue weighted by atomic mass is 32.1. The summed E-state index contributed by atoms with van der Waals surface area (Å²) in [5.74, 6) is -0.801. The smallest absolute Gasteiger partial charge is 0.282 e. The molecule has 134 valence electrons. The number of thiocarbonyl (C=S) groups is 1. The Labute approximate surface area is 158 Å². The molecule has 1 aliphatic rings. The third-order valence-corrected chi connectivity index (χ3v) is 4.75. The summed E-state index contributed by atoms with van der Waals surface area (Å²) in [4.78, 5) is 17.6. The van der Waals surface area contributed by atoms with Crippen LogP contribution in [0.2, 0.25) is 0 Å². The minimum Gasteiger partial charge on any atom is -0.378 e. The number of anilines is 1. The number of benzene rings is 2. The number of rotatable bonds is 5. The Bertz CT molecular complexity index is 853. The molecule has 0 bridgehead atoms. The van der Waals surface area contributed by atoms with Crippen molar-refractivity contribution in [2.24, 2.45) is 0 Å². The van der Waals surface area contributed by atoms with E-state index in [-0.39, 0.29) is 16.7 Å². The predicted molar refractivity (Wildman–Crippen MR) is 105 cm³/mol. The minimum atomic E-state index is -0.477. The fourth-order valence-electron chi connectivity index (χ4n) is 2.81. The molecule has 2 aromatic rings. The fourth-order valence-corrected chi connectivity index (χ4v) is 3.09. The molecule has 1 fully saturated rings. The van der Waals surface area contributed by atoms with Gasteiger partial charge in [0.1, 0.15) is 11.5 Å². The van der Waals surface area contributed by atoms with E-state index in [0.29, 0.717) is 5.70 Å². The van der Waals surface area contributed by atoms with Gasteiger partial charge in [-0.3, -0.25) is 4.79 Å². The number of hydrogen-bond donors (Lipinski definition) is 0. The van der Waals surface area contributed by atoms with E-state index in [2.05, 4.69) is 12.1 Å². The molecule has 0 N–H and O–H groups in total. The van der Waals surface area contributed by atoms with Gasteiger partial charge in [0, 0.05) is 26.8 Å². The van der Waals surface area contributed by atoms with Crippen molar-refractivity contribution >= 4 is 28.9 Å². The molecule has 0 radical (unpaired) electrons. The standard InChI is InChI=1S/C20H20FN3OS/c1-22(13-12-15-8-4-3-5-9-15)14-18-19(25)24(20(26)23(18)2)17-11-7-6-10-16(17)21/h3-11,14H,12-13H2,1-2H3. The molecule has 6 heteroatoms. The van der Waals surface area contributed by atoms with Gasteiger partial charge in [-0.1, -0.05) is 42.5 Å². The maximum atomic E-state index is 14.1. The highest BCUT2D eigenvalue weighted by molar-refractivity contribution is 7.80. The van der Waals surface area contributed by atoms with Crippen molar-refractivity contribution in [2.45, 2.75) is 6.42 Å². The molecule has 0 spiro atoms. The maximum Gasteiger partial charge on any atom is 0.282 e. The predicted octanol–water partition coefficient (Wildman–Crippen LogP) is 3.40. The number of amides is 1. The average Bonchev–Trinajstić information content (AvgIpc) is 2.85. The third-order valence-electron chi connectivity index (χ3n) is 4.29. The molecule has 0 aromatic heterocycles. The summed E-state index contributed by atoms with van der Waals surface area (Å²) in [5, 5.41) is 0.266. The molecule has 3 rings (SSSR count). The maximum absolute atomic E-state index is 14.1. The van der Waals surface area contributed by atoms with Crippen LogP contribution in [0.1, 0.15) is 5.56 Å². The van der Waals surface area contributed by atoms with Gasteiger partial charge < -0.3 is 9.80 Å². The van der Waals surface area contributed by atoms with Crippen LogP contribution in [0.4, 0.5) is 10.1 Å². The number of likely N-dealkylation sites (N-methyl/N-ethyl adjacent to an activating group) is 2. The van der Waals surface area contributed by atoms with E-state index in [0.717, 1.165) is 13.0 Å². The van der Waals surface area contributed by atoms with Crippen molar-refractivity contribution in [3.8, 4) is 0 Å². The van der Waals surface area contributed by atoms with Crippen molar-refractivity contribution in [3.63, 3.8) is 0 Å². The summed E-state index contributed by atoms with van der Waals surface area (Å²) in [6.07, 6.45) is 2.62. The Kier molecular flexibility index (Phi) is 5.32. The van der Waals surface area contributed by atoms with Gasteiger partial charge in [-0.2, -0.15) is 0 Å². The summed E-state index contributed by atoms with van der Waals surface area (Å²) in [6.45, 7) is 0.751. The lowest BCUT2D eigenvalue weighted by Crippen LogP contribution is -2.31. The Morgan fingerprint density at radius 1 is 1.12 bits per heavy atom. The van der Waals surface area contributed by atoms with Crippen LogP contribution in [-0.2, 0) is 11.2 Å². The molecule has 4 nitrogen and oxygen atoms in total. The molecule has 2 aromatic carbocycles. The summed E-state index contributed by atoms with van der Waals surface area (Å²) >= 11 is 5.36. The van der Waals surface area contributed by atoms with E-state index in [1.807, 2.05) is 30.1 Å². The lowest BCUT2D eigenvalue weighted by Gasteiger charge is -2.17. The molecule has 1 heterocycles. The molecule has 0 saturated carbocycles. The largest absolute Gasteiger partial charge is 0.378 e. The molecule has 0 atom stereocenters. The van der Waals surface area contributed by atoms with Crippen LogP contribution in [0, 0.1) is 5.82 Å². The number of carbonyl (C=O) groups excluding carboxylic acids is 1. The van der Waals surface area contributed by atoms with Crippen LogP contribution in [0.15, 0.2) is 66.5 Å². The second-order valence-electron chi connectivity index (χ2n) is 6.16. The Balaban J connectivity index is 1.77. The van der Waals surface area contributed by atoms with Gasteiger partial charge >= 0.3 is 0 Å². The highest BCUT2D eigenvalue weighted by Crippen LogP contribution is 2.28. The van der Waals surface area contributed by atoms with Gasteiger partial charge in [-0.05, 0) is 36.3 Å². The first-order chi connectivity index (χ1) is 12.5. The van der Waals surface area contributed by atoms with Crippen LogP contribution >= 0.6 is 12.2 Å². The Morgan fingerprint density at radius 2 is 1.77 bits per heavy atom. The van der Waals surface area contributed by atoms with Gasteiger partial charge in [0.15, 0.2) is 5.11 Å². The monoisotopic (exact) mass is 369 g/mol. The van der Waals surface area contributed by atoms with Crippen molar-refractivity contribution < 1.29 is 9.18 Å². The zero-order valence-corrected chi connectivity index (χ0v) is 15.5. The second-order valence-corrected chi connectivity index (χ2v) is 6.53. The molecular weight excluding hydrogens is 349 g/mol. The lowest BCUT2D eigenvalue weighted by atomic mass is 10.1. The Hall–Kier alpha value is -2.73. The topological polar surface area (TPSA) is 26.8 Å². The van der Waals surface area contributed by atoms with Crippen molar-refractivity contribution in [1.82, 2.24) is 9.80 Å². The number of para-hydroxylation sites is 1. The van der Waals surface area contributed by atoms with Gasteiger partial charge in [0.25, 0.3) is 5.91 Å². The molecule has 1 amide bonds. The first-order valence-electron chi connectivity index (χ1n) is 8.31. The van der Waals surface area contributed by atoms with Crippen LogP contribution in [0.25, 0.3) is 0 Å². The van der Waals surface area contributed by atoms with Crippen molar-refractivity contribution in [1.29, 1.82) is 0 Å². The number of nitrogens with zero attached hydrogens (tertiary/aromatic N) is 3. The van der Waals surface area contributed by atoms with Crippen LogP contribution in [0.5, 0.6) is 0 Å². The number of carbonyl (C=O) groups is 1. The summed E-state index contributed by atoms with van der Waals surface area (Å²) in [7, 11) is 3.63. The van der Waals surface area contributed by atoms with Crippen LogP contribution < -0.4 is 4.90 Å². The van der Waals surface area contributed by atoms with Gasteiger partial charge in [-0.25, -0.2) is 9.29 Å². The normalized spacial score (nSPS) is 15.9. The van der Waals surface area contributed by atoms with Crippen molar-refractivity contribution in [2.75, 3.05) is 25.5 Å². The summed E-state index contributed by atoms with van der Waals surface area (Å²) in [5.41, 5.74) is 1.82. The molecule has 1 saturated heterocycles. The summed E-state index contributed by atoms with van der Waals surface area (Å²) in [6, 6.07) is 16.3. The zero-order chi connectivity index (χ0) is 18.7. The first kappa shape index (κ1) is 18.1. The van der Waals surface area contributed by atoms with E-state index in [1.165, 1.54) is 16.5 Å². The van der Waals surface area contributed by atoms with E-state index >= 15 is 0 Å².